The average molecular weight is 200 g/mol. The van der Waals surface area contributed by atoms with Gasteiger partial charge in [0.05, 0.1) is 5.41 Å². The second-order valence-electron chi connectivity index (χ2n) is 4.61. The summed E-state index contributed by atoms with van der Waals surface area (Å²) in [5.41, 5.74) is -0.478. The summed E-state index contributed by atoms with van der Waals surface area (Å²) in [6.07, 6.45) is 4.94. The maximum absolute atomic E-state index is 11.2. The van der Waals surface area contributed by atoms with Crippen LogP contribution in [-0.4, -0.2) is 22.8 Å². The van der Waals surface area contributed by atoms with Gasteiger partial charge in [-0.2, -0.15) is 0 Å². The van der Waals surface area contributed by atoms with E-state index in [9.17, 15) is 9.90 Å². The van der Waals surface area contributed by atoms with E-state index in [2.05, 4.69) is 6.92 Å². The summed E-state index contributed by atoms with van der Waals surface area (Å²) in [5.74, 6) is -0.0972. The van der Waals surface area contributed by atoms with Crippen molar-refractivity contribution >= 4 is 5.97 Å². The molecule has 2 unspecified atom stereocenters. The lowest BCUT2D eigenvalue weighted by molar-refractivity contribution is -0.149. The van der Waals surface area contributed by atoms with Crippen molar-refractivity contribution in [3.05, 3.63) is 0 Å². The zero-order valence-electron chi connectivity index (χ0n) is 8.83. The Balaban J connectivity index is 2.50. The van der Waals surface area contributed by atoms with Gasteiger partial charge in [-0.1, -0.05) is 13.3 Å². The Morgan fingerprint density at radius 1 is 1.50 bits per heavy atom. The first-order valence-electron chi connectivity index (χ1n) is 5.45. The van der Waals surface area contributed by atoms with Crippen LogP contribution < -0.4 is 0 Å². The van der Waals surface area contributed by atoms with E-state index < -0.39 is 11.4 Å². The van der Waals surface area contributed by atoms with E-state index in [1.165, 1.54) is 0 Å². The first kappa shape index (κ1) is 11.5. The number of rotatable bonds is 5. The minimum atomic E-state index is -0.639. The molecule has 1 saturated carbocycles. The number of aliphatic hydroxyl groups is 1. The largest absolute Gasteiger partial charge is 0.481 e. The maximum Gasteiger partial charge on any atom is 0.309 e. The summed E-state index contributed by atoms with van der Waals surface area (Å²) in [6, 6.07) is 0. The summed E-state index contributed by atoms with van der Waals surface area (Å²) < 4.78 is 0. The van der Waals surface area contributed by atoms with Crippen molar-refractivity contribution < 1.29 is 15.0 Å². The predicted octanol–water partition coefficient (Wildman–Crippen LogP) is 2.04. The van der Waals surface area contributed by atoms with Crippen LogP contribution in [0.3, 0.4) is 0 Å². The van der Waals surface area contributed by atoms with Crippen LogP contribution >= 0.6 is 0 Å². The molecular weight excluding hydrogens is 180 g/mol. The van der Waals surface area contributed by atoms with Crippen molar-refractivity contribution in [1.82, 2.24) is 0 Å². The molecule has 0 aliphatic heterocycles. The Morgan fingerprint density at radius 2 is 2.21 bits per heavy atom. The molecule has 0 aromatic carbocycles. The fraction of sp³-hybridized carbons (Fsp3) is 0.909. The Labute approximate surface area is 85.1 Å². The highest BCUT2D eigenvalue weighted by Gasteiger charge is 2.43. The fourth-order valence-corrected chi connectivity index (χ4v) is 2.50. The van der Waals surface area contributed by atoms with Gasteiger partial charge in [-0.15, -0.1) is 0 Å². The molecule has 0 aromatic rings. The van der Waals surface area contributed by atoms with Crippen LogP contribution in [-0.2, 0) is 4.79 Å². The van der Waals surface area contributed by atoms with Crippen LogP contribution in [0, 0.1) is 11.3 Å². The van der Waals surface area contributed by atoms with Crippen molar-refractivity contribution in [2.75, 3.05) is 6.61 Å². The van der Waals surface area contributed by atoms with E-state index in [0.717, 1.165) is 38.5 Å². The topological polar surface area (TPSA) is 57.5 Å². The highest BCUT2D eigenvalue weighted by Crippen LogP contribution is 2.45. The van der Waals surface area contributed by atoms with E-state index in [1.807, 2.05) is 0 Å². The minimum Gasteiger partial charge on any atom is -0.481 e. The average Bonchev–Trinajstić information content (AvgIpc) is 2.49. The van der Waals surface area contributed by atoms with Crippen molar-refractivity contribution in [2.24, 2.45) is 11.3 Å². The molecule has 1 aliphatic rings. The Hall–Kier alpha value is -0.570. The molecule has 1 aliphatic carbocycles. The molecular formula is C11H20O3. The summed E-state index contributed by atoms with van der Waals surface area (Å²) in [5, 5.41) is 17.9. The number of aliphatic carboxylic acids is 1. The van der Waals surface area contributed by atoms with Crippen LogP contribution in [0.5, 0.6) is 0 Å². The van der Waals surface area contributed by atoms with E-state index in [0.29, 0.717) is 5.92 Å². The molecule has 3 heteroatoms. The summed E-state index contributed by atoms with van der Waals surface area (Å²) in [7, 11) is 0. The Kier molecular flexibility index (Phi) is 3.93. The van der Waals surface area contributed by atoms with E-state index in [1.54, 1.807) is 0 Å². The van der Waals surface area contributed by atoms with Crippen molar-refractivity contribution in [3.63, 3.8) is 0 Å². The Morgan fingerprint density at radius 3 is 2.64 bits per heavy atom. The number of unbranched alkanes of at least 4 members (excludes halogenated alkanes) is 1. The molecule has 0 bridgehead atoms. The number of aliphatic hydroxyl groups excluding tert-OH is 1. The summed E-state index contributed by atoms with van der Waals surface area (Å²) in [4.78, 5) is 11.2. The van der Waals surface area contributed by atoms with Crippen LogP contribution in [0.25, 0.3) is 0 Å². The molecule has 1 fully saturated rings. The van der Waals surface area contributed by atoms with Crippen LogP contribution in [0.4, 0.5) is 0 Å². The van der Waals surface area contributed by atoms with Crippen molar-refractivity contribution in [2.45, 2.75) is 45.4 Å². The van der Waals surface area contributed by atoms with Gasteiger partial charge in [0.25, 0.3) is 0 Å². The molecule has 0 heterocycles. The van der Waals surface area contributed by atoms with Gasteiger partial charge in [0.1, 0.15) is 0 Å². The molecule has 1 rings (SSSR count). The molecule has 2 atom stereocenters. The van der Waals surface area contributed by atoms with Gasteiger partial charge in [0, 0.05) is 6.61 Å². The lowest BCUT2D eigenvalue weighted by atomic mass is 9.80. The zero-order valence-corrected chi connectivity index (χ0v) is 8.83. The number of carboxylic acid groups (broad SMARTS) is 1. The third kappa shape index (κ3) is 2.47. The smallest absolute Gasteiger partial charge is 0.309 e. The van der Waals surface area contributed by atoms with Gasteiger partial charge in [-0.3, -0.25) is 4.79 Å². The minimum absolute atomic E-state index is 0.172. The lowest BCUT2D eigenvalue weighted by Crippen LogP contribution is -2.28. The number of carboxylic acids is 1. The van der Waals surface area contributed by atoms with Crippen molar-refractivity contribution in [1.29, 1.82) is 0 Å². The third-order valence-corrected chi connectivity index (χ3v) is 3.37. The molecule has 0 amide bonds. The van der Waals surface area contributed by atoms with Gasteiger partial charge in [0.2, 0.25) is 0 Å². The predicted molar refractivity (Wildman–Crippen MR) is 54.0 cm³/mol. The quantitative estimate of drug-likeness (QED) is 0.668. The Bertz CT molecular complexity index is 203. The molecule has 82 valence electrons. The second kappa shape index (κ2) is 4.78. The molecule has 0 saturated heterocycles. The first-order chi connectivity index (χ1) is 6.60. The highest BCUT2D eigenvalue weighted by atomic mass is 16.4. The number of hydrogen-bond donors (Lipinski definition) is 2. The molecule has 0 radical (unpaired) electrons. The van der Waals surface area contributed by atoms with Gasteiger partial charge < -0.3 is 10.2 Å². The second-order valence-corrected chi connectivity index (χ2v) is 4.61. The van der Waals surface area contributed by atoms with Gasteiger partial charge in [-0.25, -0.2) is 0 Å². The van der Waals surface area contributed by atoms with Gasteiger partial charge in [0.15, 0.2) is 0 Å². The fourth-order valence-electron chi connectivity index (χ4n) is 2.50. The van der Waals surface area contributed by atoms with Gasteiger partial charge >= 0.3 is 5.97 Å². The monoisotopic (exact) mass is 200 g/mol. The molecule has 3 nitrogen and oxygen atoms in total. The molecule has 0 spiro atoms. The summed E-state index contributed by atoms with van der Waals surface area (Å²) >= 11 is 0. The molecule has 2 N–H and O–H groups in total. The normalized spacial score (nSPS) is 32.0. The standard InChI is InChI=1S/C11H20O3/c1-9-4-6-11(8-9,10(13)14)5-2-3-7-12/h9,12H,2-8H2,1H3,(H,13,14). The first-order valence-corrected chi connectivity index (χ1v) is 5.45. The van der Waals surface area contributed by atoms with Crippen molar-refractivity contribution in [3.8, 4) is 0 Å². The van der Waals surface area contributed by atoms with Crippen LogP contribution in [0.15, 0.2) is 0 Å². The van der Waals surface area contributed by atoms with Crippen LogP contribution in [0.2, 0.25) is 0 Å². The van der Waals surface area contributed by atoms with Gasteiger partial charge in [-0.05, 0) is 38.0 Å². The lowest BCUT2D eigenvalue weighted by Gasteiger charge is -2.23. The third-order valence-electron chi connectivity index (χ3n) is 3.37. The summed E-state index contributed by atoms with van der Waals surface area (Å²) in [6.45, 7) is 2.29. The SMILES string of the molecule is CC1CCC(CCCCO)(C(=O)O)C1. The van der Waals surface area contributed by atoms with E-state index in [4.69, 9.17) is 5.11 Å². The van der Waals surface area contributed by atoms with E-state index in [-0.39, 0.29) is 6.61 Å². The number of hydrogen-bond acceptors (Lipinski definition) is 2. The zero-order chi connectivity index (χ0) is 10.6. The molecule has 14 heavy (non-hydrogen) atoms. The molecule has 0 aromatic heterocycles. The number of carbonyl (C=O) groups is 1. The van der Waals surface area contributed by atoms with Crippen LogP contribution in [0.1, 0.15) is 45.4 Å². The maximum atomic E-state index is 11.2. The highest BCUT2D eigenvalue weighted by molar-refractivity contribution is 5.75. The van der Waals surface area contributed by atoms with E-state index >= 15 is 0 Å².